The molecule has 0 amide bonds. The topological polar surface area (TPSA) is 38.2 Å². The number of ether oxygens (including phenoxy) is 1. The molecule has 0 spiro atoms. The Balaban J connectivity index is 2.09. The van der Waals surface area contributed by atoms with Crippen molar-refractivity contribution in [1.29, 1.82) is 0 Å². The summed E-state index contributed by atoms with van der Waals surface area (Å²) < 4.78 is 6.07. The highest BCUT2D eigenvalue weighted by Gasteiger charge is 2.23. The quantitative estimate of drug-likeness (QED) is 0.805. The van der Waals surface area contributed by atoms with Crippen LogP contribution in [0, 0.1) is 0 Å². The summed E-state index contributed by atoms with van der Waals surface area (Å²) in [6.07, 6.45) is 4.86. The highest BCUT2D eigenvalue weighted by molar-refractivity contribution is 9.10. The van der Waals surface area contributed by atoms with E-state index in [1.165, 1.54) is 0 Å². The lowest BCUT2D eigenvalue weighted by molar-refractivity contribution is 0.121. The second-order valence-electron chi connectivity index (χ2n) is 3.29. The monoisotopic (exact) mass is 257 g/mol. The molecule has 1 fully saturated rings. The van der Waals surface area contributed by atoms with Gasteiger partial charge in [0.25, 0.3) is 0 Å². The number of nitrogens with zero attached hydrogens (tertiary/aromatic N) is 3. The number of aromatic nitrogens is 2. The largest absolute Gasteiger partial charge is 0.380 e. The molecule has 1 aromatic rings. The third-order valence-electron chi connectivity index (χ3n) is 2.39. The molecular weight excluding hydrogens is 246 g/mol. The molecule has 1 aromatic heterocycles. The van der Waals surface area contributed by atoms with Crippen LogP contribution in [0.3, 0.4) is 0 Å². The number of rotatable bonds is 2. The molecule has 0 bridgehead atoms. The molecule has 0 aliphatic carbocycles. The van der Waals surface area contributed by atoms with Crippen LogP contribution in [0.4, 0.5) is 5.82 Å². The van der Waals surface area contributed by atoms with E-state index >= 15 is 0 Å². The normalized spacial score (nSPS) is 21.6. The number of methoxy groups -OCH3 is 1. The summed E-state index contributed by atoms with van der Waals surface area (Å²) in [5.41, 5.74) is 0. The predicted molar refractivity (Wildman–Crippen MR) is 57.4 cm³/mol. The van der Waals surface area contributed by atoms with Crippen LogP contribution < -0.4 is 4.90 Å². The Morgan fingerprint density at radius 2 is 2.43 bits per heavy atom. The van der Waals surface area contributed by atoms with Crippen molar-refractivity contribution < 1.29 is 4.74 Å². The third-order valence-corrected chi connectivity index (χ3v) is 2.78. The van der Waals surface area contributed by atoms with Crippen LogP contribution in [0.2, 0.25) is 0 Å². The lowest BCUT2D eigenvalue weighted by Gasteiger charge is -2.16. The number of anilines is 1. The summed E-state index contributed by atoms with van der Waals surface area (Å²) in [5, 5.41) is 0. The standard InChI is InChI=1S/C9H12BrN3O/c1-14-7-2-3-13(6-7)9-5-11-4-8(10)12-9/h4-5,7H,2-3,6H2,1H3. The molecule has 0 saturated carbocycles. The summed E-state index contributed by atoms with van der Waals surface area (Å²) in [5.74, 6) is 0.916. The zero-order chi connectivity index (χ0) is 9.97. The second kappa shape index (κ2) is 4.23. The predicted octanol–water partition coefficient (Wildman–Crippen LogP) is 1.46. The molecule has 2 heterocycles. The van der Waals surface area contributed by atoms with Crippen LogP contribution in [-0.2, 0) is 4.74 Å². The molecule has 76 valence electrons. The Labute approximate surface area is 91.4 Å². The molecule has 0 radical (unpaired) electrons. The molecule has 1 saturated heterocycles. The summed E-state index contributed by atoms with van der Waals surface area (Å²) in [6.45, 7) is 1.89. The molecule has 0 aromatic carbocycles. The minimum absolute atomic E-state index is 0.329. The van der Waals surface area contributed by atoms with Gasteiger partial charge in [-0.1, -0.05) is 0 Å². The van der Waals surface area contributed by atoms with Gasteiger partial charge in [-0.2, -0.15) is 0 Å². The fourth-order valence-electron chi connectivity index (χ4n) is 1.61. The van der Waals surface area contributed by atoms with Gasteiger partial charge in [0.1, 0.15) is 10.4 Å². The van der Waals surface area contributed by atoms with Gasteiger partial charge in [0.2, 0.25) is 0 Å². The molecule has 5 heteroatoms. The van der Waals surface area contributed by atoms with Gasteiger partial charge in [0, 0.05) is 20.2 Å². The van der Waals surface area contributed by atoms with E-state index in [-0.39, 0.29) is 0 Å². The van der Waals surface area contributed by atoms with Crippen LogP contribution in [0.25, 0.3) is 0 Å². The van der Waals surface area contributed by atoms with Crippen molar-refractivity contribution in [3.05, 3.63) is 17.0 Å². The van der Waals surface area contributed by atoms with Crippen LogP contribution in [-0.4, -0.2) is 36.3 Å². The lowest BCUT2D eigenvalue weighted by atomic mass is 10.3. The molecule has 1 aliphatic rings. The van der Waals surface area contributed by atoms with E-state index in [0.717, 1.165) is 29.9 Å². The van der Waals surface area contributed by atoms with Gasteiger partial charge in [0.05, 0.1) is 18.5 Å². The van der Waals surface area contributed by atoms with E-state index in [1.54, 1.807) is 19.5 Å². The fraction of sp³-hybridized carbons (Fsp3) is 0.556. The van der Waals surface area contributed by atoms with E-state index in [4.69, 9.17) is 4.74 Å². The summed E-state index contributed by atoms with van der Waals surface area (Å²) >= 11 is 3.31. The van der Waals surface area contributed by atoms with Crippen LogP contribution in [0.15, 0.2) is 17.0 Å². The maximum absolute atomic E-state index is 5.29. The van der Waals surface area contributed by atoms with Gasteiger partial charge in [-0.25, -0.2) is 4.98 Å². The van der Waals surface area contributed by atoms with E-state index < -0.39 is 0 Å². The highest BCUT2D eigenvalue weighted by atomic mass is 79.9. The van der Waals surface area contributed by atoms with Crippen LogP contribution >= 0.6 is 15.9 Å². The Morgan fingerprint density at radius 1 is 1.57 bits per heavy atom. The van der Waals surface area contributed by atoms with E-state index in [2.05, 4.69) is 30.8 Å². The van der Waals surface area contributed by atoms with Crippen LogP contribution in [0.1, 0.15) is 6.42 Å². The average molecular weight is 258 g/mol. The second-order valence-corrected chi connectivity index (χ2v) is 4.10. The average Bonchev–Trinajstić information content (AvgIpc) is 2.66. The van der Waals surface area contributed by atoms with Crippen molar-refractivity contribution in [3.8, 4) is 0 Å². The Bertz CT molecular complexity index is 321. The number of hydrogen-bond acceptors (Lipinski definition) is 4. The van der Waals surface area contributed by atoms with E-state index in [0.29, 0.717) is 6.10 Å². The molecule has 1 atom stereocenters. The van der Waals surface area contributed by atoms with E-state index in [1.807, 2.05) is 0 Å². The maximum Gasteiger partial charge on any atom is 0.148 e. The first-order valence-electron chi connectivity index (χ1n) is 4.55. The van der Waals surface area contributed by atoms with Crippen molar-refractivity contribution in [1.82, 2.24) is 9.97 Å². The number of hydrogen-bond donors (Lipinski definition) is 0. The minimum Gasteiger partial charge on any atom is -0.380 e. The van der Waals surface area contributed by atoms with Gasteiger partial charge in [0.15, 0.2) is 0 Å². The Kier molecular flexibility index (Phi) is 2.98. The van der Waals surface area contributed by atoms with Gasteiger partial charge >= 0.3 is 0 Å². The third kappa shape index (κ3) is 2.04. The highest BCUT2D eigenvalue weighted by Crippen LogP contribution is 2.19. The fourth-order valence-corrected chi connectivity index (χ4v) is 1.91. The molecule has 1 aliphatic heterocycles. The Hall–Kier alpha value is -0.680. The first-order valence-corrected chi connectivity index (χ1v) is 5.34. The van der Waals surface area contributed by atoms with E-state index in [9.17, 15) is 0 Å². The lowest BCUT2D eigenvalue weighted by Crippen LogP contribution is -2.23. The zero-order valence-electron chi connectivity index (χ0n) is 7.98. The van der Waals surface area contributed by atoms with Gasteiger partial charge < -0.3 is 9.64 Å². The summed E-state index contributed by atoms with van der Waals surface area (Å²) in [4.78, 5) is 10.6. The van der Waals surface area contributed by atoms with Gasteiger partial charge in [-0.3, -0.25) is 4.98 Å². The van der Waals surface area contributed by atoms with Crippen molar-refractivity contribution in [3.63, 3.8) is 0 Å². The molecule has 0 N–H and O–H groups in total. The molecular formula is C9H12BrN3O. The zero-order valence-corrected chi connectivity index (χ0v) is 9.57. The minimum atomic E-state index is 0.329. The van der Waals surface area contributed by atoms with Crippen molar-refractivity contribution >= 4 is 21.7 Å². The Morgan fingerprint density at radius 3 is 3.07 bits per heavy atom. The van der Waals surface area contributed by atoms with Crippen molar-refractivity contribution in [2.45, 2.75) is 12.5 Å². The SMILES string of the molecule is COC1CCN(c2cncc(Br)n2)C1. The summed E-state index contributed by atoms with van der Waals surface area (Å²) in [6, 6.07) is 0. The maximum atomic E-state index is 5.29. The summed E-state index contributed by atoms with van der Waals surface area (Å²) in [7, 11) is 1.75. The van der Waals surface area contributed by atoms with Crippen LogP contribution in [0.5, 0.6) is 0 Å². The van der Waals surface area contributed by atoms with Gasteiger partial charge in [-0.05, 0) is 22.4 Å². The first-order chi connectivity index (χ1) is 6.79. The van der Waals surface area contributed by atoms with Gasteiger partial charge in [-0.15, -0.1) is 0 Å². The molecule has 1 unspecified atom stereocenters. The molecule has 14 heavy (non-hydrogen) atoms. The molecule has 4 nitrogen and oxygen atoms in total. The number of halogens is 1. The first kappa shape index (κ1) is 9.86. The van der Waals surface area contributed by atoms with Crippen molar-refractivity contribution in [2.75, 3.05) is 25.1 Å². The van der Waals surface area contributed by atoms with Crippen molar-refractivity contribution in [2.24, 2.45) is 0 Å². The molecule has 2 rings (SSSR count). The smallest absolute Gasteiger partial charge is 0.148 e.